The van der Waals surface area contributed by atoms with E-state index in [0.29, 0.717) is 6.54 Å². The van der Waals surface area contributed by atoms with E-state index < -0.39 is 5.78 Å². The minimum atomic E-state index is -0.808. The van der Waals surface area contributed by atoms with Crippen LogP contribution in [0.25, 0.3) is 20.7 Å². The highest BCUT2D eigenvalue weighted by Gasteiger charge is 2.39. The van der Waals surface area contributed by atoms with Gasteiger partial charge in [-0.3, -0.25) is 4.79 Å². The predicted octanol–water partition coefficient (Wildman–Crippen LogP) is 3.90. The Bertz CT molecular complexity index is 999. The summed E-state index contributed by atoms with van der Waals surface area (Å²) >= 11 is 3.23. The van der Waals surface area contributed by atoms with Gasteiger partial charge in [0.05, 0.1) is 23.1 Å². The molecule has 7 heteroatoms. The predicted molar refractivity (Wildman–Crippen MR) is 105 cm³/mol. The first-order valence-corrected chi connectivity index (χ1v) is 9.61. The van der Waals surface area contributed by atoms with Crippen LogP contribution in [0.1, 0.15) is 29.9 Å². The number of carbonyl (C=O) groups is 1. The number of likely N-dealkylation sites (N-methyl/N-ethyl adjacent to an activating group) is 1. The number of nitrogens with zero attached hydrogens (tertiary/aromatic N) is 3. The lowest BCUT2D eigenvalue weighted by molar-refractivity contribution is -0.110. The Labute approximate surface area is 160 Å². The number of allylic oxidation sites excluding steroid dienone is 1. The zero-order valence-corrected chi connectivity index (χ0v) is 16.3. The van der Waals surface area contributed by atoms with Crippen molar-refractivity contribution < 1.29 is 9.90 Å². The second-order valence-corrected chi connectivity index (χ2v) is 8.69. The van der Waals surface area contributed by atoms with E-state index >= 15 is 0 Å². The largest absolute Gasteiger partial charge is 0.395 e. The molecule has 0 aromatic carbocycles. The molecule has 0 atom stereocenters. The minimum Gasteiger partial charge on any atom is -0.395 e. The smallest absolute Gasteiger partial charge is 0.262 e. The Morgan fingerprint density at radius 1 is 1.38 bits per heavy atom. The molecular formula is C19H17N3O2S2. The minimum absolute atomic E-state index is 0.105. The second kappa shape index (κ2) is 6.69. The number of ketones is 1. The molecule has 1 N–H and O–H groups in total. The summed E-state index contributed by atoms with van der Waals surface area (Å²) in [6.45, 7) is 12.1. The molecule has 132 valence electrons. The number of aliphatic hydroxyl groups is 1. The average Bonchev–Trinajstić information content (AvgIpc) is 3.27. The molecule has 0 spiro atoms. The number of hydrogen-bond acceptors (Lipinski definition) is 6. The maximum atomic E-state index is 11.5. The van der Waals surface area contributed by atoms with E-state index in [4.69, 9.17) is 16.9 Å². The summed E-state index contributed by atoms with van der Waals surface area (Å²) in [7, 11) is 1.96. The quantitative estimate of drug-likeness (QED) is 0.483. The summed E-state index contributed by atoms with van der Waals surface area (Å²) < 4.78 is 0. The number of rotatable bonds is 5. The zero-order chi connectivity index (χ0) is 19.1. The van der Waals surface area contributed by atoms with Crippen LogP contribution in [0, 0.1) is 17.9 Å². The van der Waals surface area contributed by atoms with Crippen molar-refractivity contribution in [2.45, 2.75) is 19.3 Å². The van der Waals surface area contributed by atoms with Crippen LogP contribution >= 0.6 is 22.7 Å². The number of aliphatic hydroxyl groups excluding tert-OH is 1. The lowest BCUT2D eigenvalue weighted by atomic mass is 9.84. The fourth-order valence-corrected chi connectivity index (χ4v) is 5.78. The number of nitriles is 1. The average molecular weight is 383 g/mol. The number of carbonyl (C=O) groups excluding carboxylic acids is 1. The Hall–Kier alpha value is -2.45. The third kappa shape index (κ3) is 2.85. The van der Waals surface area contributed by atoms with Crippen LogP contribution < -0.4 is 4.90 Å². The molecule has 0 amide bonds. The van der Waals surface area contributed by atoms with Crippen LogP contribution in [0.3, 0.4) is 0 Å². The summed E-state index contributed by atoms with van der Waals surface area (Å²) in [5.74, 6) is -0.808. The highest BCUT2D eigenvalue weighted by atomic mass is 32.1. The first-order chi connectivity index (χ1) is 12.3. The van der Waals surface area contributed by atoms with E-state index in [1.165, 1.54) is 39.5 Å². The van der Waals surface area contributed by atoms with Crippen molar-refractivity contribution in [2.24, 2.45) is 0 Å². The van der Waals surface area contributed by atoms with Crippen molar-refractivity contribution in [3.05, 3.63) is 45.3 Å². The van der Waals surface area contributed by atoms with Gasteiger partial charge in [0, 0.05) is 28.8 Å². The lowest BCUT2D eigenvalue weighted by Crippen LogP contribution is -2.20. The fourth-order valence-electron chi connectivity index (χ4n) is 3.06. The topological polar surface area (TPSA) is 68.7 Å². The number of thiophene rings is 2. The van der Waals surface area contributed by atoms with Crippen molar-refractivity contribution in [3.8, 4) is 15.8 Å². The van der Waals surface area contributed by atoms with Gasteiger partial charge in [-0.2, -0.15) is 5.26 Å². The Balaban J connectivity index is 2.06. The number of fused-ring (bicyclic) bond motifs is 3. The second-order valence-electron chi connectivity index (χ2n) is 6.57. The first-order valence-electron chi connectivity index (χ1n) is 7.98. The van der Waals surface area contributed by atoms with E-state index in [2.05, 4.69) is 24.8 Å². The van der Waals surface area contributed by atoms with Crippen molar-refractivity contribution in [1.82, 2.24) is 0 Å². The van der Waals surface area contributed by atoms with Gasteiger partial charge in [-0.1, -0.05) is 13.8 Å². The van der Waals surface area contributed by atoms with Crippen LogP contribution in [0.15, 0.2) is 17.8 Å². The van der Waals surface area contributed by atoms with Crippen LogP contribution in [-0.2, 0) is 10.2 Å². The summed E-state index contributed by atoms with van der Waals surface area (Å²) in [6.07, 6.45) is 1.50. The molecule has 2 heterocycles. The van der Waals surface area contributed by atoms with E-state index in [0.717, 1.165) is 14.8 Å². The van der Waals surface area contributed by atoms with Gasteiger partial charge in [0.25, 0.3) is 5.78 Å². The molecule has 0 fully saturated rings. The third-order valence-corrected chi connectivity index (χ3v) is 7.06. The van der Waals surface area contributed by atoms with Gasteiger partial charge in [0.2, 0.25) is 5.70 Å². The highest BCUT2D eigenvalue weighted by molar-refractivity contribution is 7.25. The normalized spacial score (nSPS) is 14.3. The van der Waals surface area contributed by atoms with Crippen molar-refractivity contribution >= 4 is 39.5 Å². The van der Waals surface area contributed by atoms with Gasteiger partial charge in [0.15, 0.2) is 0 Å². The summed E-state index contributed by atoms with van der Waals surface area (Å²) in [4.78, 5) is 19.9. The number of Topliss-reactive ketones (excluding diaryl/α,β-unsaturated/α-hetero) is 1. The molecule has 2 aromatic heterocycles. The van der Waals surface area contributed by atoms with E-state index in [1.807, 2.05) is 18.0 Å². The highest BCUT2D eigenvalue weighted by Crippen LogP contribution is 2.57. The van der Waals surface area contributed by atoms with Crippen LogP contribution in [0.2, 0.25) is 0 Å². The van der Waals surface area contributed by atoms with Gasteiger partial charge in [-0.25, -0.2) is 4.85 Å². The summed E-state index contributed by atoms with van der Waals surface area (Å²) in [6, 6.07) is 5.70. The SMILES string of the molecule is [C-]#[N+]/C(=C\c1cc2c(s1)-c1sc(N(C)CCO)cc1C2(C)C)C(=O)C#N. The van der Waals surface area contributed by atoms with Crippen LogP contribution in [-0.4, -0.2) is 31.1 Å². The van der Waals surface area contributed by atoms with Crippen molar-refractivity contribution in [2.75, 3.05) is 25.1 Å². The maximum absolute atomic E-state index is 11.5. The zero-order valence-electron chi connectivity index (χ0n) is 14.7. The molecule has 1 aliphatic rings. The summed E-state index contributed by atoms with van der Waals surface area (Å²) in [5, 5.41) is 19.0. The number of hydrogen-bond donors (Lipinski definition) is 1. The van der Waals surface area contributed by atoms with Gasteiger partial charge < -0.3 is 10.0 Å². The van der Waals surface area contributed by atoms with Gasteiger partial charge in [-0.15, -0.1) is 22.7 Å². The molecule has 0 radical (unpaired) electrons. The Morgan fingerprint density at radius 3 is 2.65 bits per heavy atom. The van der Waals surface area contributed by atoms with E-state index in [9.17, 15) is 4.79 Å². The molecule has 0 unspecified atom stereocenters. The molecule has 0 saturated heterocycles. The fraction of sp³-hybridized carbons (Fsp3) is 0.316. The van der Waals surface area contributed by atoms with Gasteiger partial charge in [-0.05, 0) is 29.3 Å². The van der Waals surface area contributed by atoms with Gasteiger partial charge in [0.1, 0.15) is 6.07 Å². The molecule has 5 nitrogen and oxygen atoms in total. The maximum Gasteiger partial charge on any atom is 0.262 e. The number of anilines is 1. The van der Waals surface area contributed by atoms with Gasteiger partial charge >= 0.3 is 0 Å². The van der Waals surface area contributed by atoms with Crippen LogP contribution in [0.4, 0.5) is 5.00 Å². The molecule has 0 saturated carbocycles. The third-order valence-electron chi connectivity index (χ3n) is 4.57. The molecule has 26 heavy (non-hydrogen) atoms. The molecule has 2 aromatic rings. The van der Waals surface area contributed by atoms with E-state index in [1.54, 1.807) is 11.3 Å². The Morgan fingerprint density at radius 2 is 2.04 bits per heavy atom. The summed E-state index contributed by atoms with van der Waals surface area (Å²) in [5.41, 5.74) is 2.12. The standard InChI is InChI=1S/C19H17N3O2S2/c1-19(2)12-7-11(8-14(21-3)15(24)10-20)25-17(12)18-13(19)9-16(26-18)22(4)5-6-23/h7-9,23H,5-6H2,1-2,4H3/b14-8-. The Kier molecular flexibility index (Phi) is 4.72. The molecule has 1 aliphatic carbocycles. The molecule has 3 rings (SSSR count). The lowest BCUT2D eigenvalue weighted by Gasteiger charge is -2.20. The monoisotopic (exact) mass is 383 g/mol. The first kappa shape index (κ1) is 18.3. The van der Waals surface area contributed by atoms with Crippen LogP contribution in [0.5, 0.6) is 0 Å². The van der Waals surface area contributed by atoms with Crippen molar-refractivity contribution in [1.29, 1.82) is 5.26 Å². The molecular weight excluding hydrogens is 366 g/mol. The van der Waals surface area contributed by atoms with Crippen molar-refractivity contribution in [3.63, 3.8) is 0 Å². The molecule has 0 bridgehead atoms. The molecule has 0 aliphatic heterocycles. The van der Waals surface area contributed by atoms with E-state index in [-0.39, 0.29) is 17.7 Å².